The maximum atomic E-state index is 6.29. The van der Waals surface area contributed by atoms with Crippen molar-refractivity contribution < 1.29 is 0 Å². The number of halogens is 2. The minimum absolute atomic E-state index is 0.453. The van der Waals surface area contributed by atoms with Crippen LogP contribution in [-0.2, 0) is 6.54 Å². The summed E-state index contributed by atoms with van der Waals surface area (Å²) < 4.78 is 2.10. The highest BCUT2D eigenvalue weighted by atomic mass is 35.5. The van der Waals surface area contributed by atoms with Crippen LogP contribution in [0.2, 0.25) is 10.0 Å². The van der Waals surface area contributed by atoms with Crippen LogP contribution >= 0.6 is 23.2 Å². The Morgan fingerprint density at radius 3 is 2.59 bits per heavy atom. The van der Waals surface area contributed by atoms with Crippen molar-refractivity contribution in [3.8, 4) is 0 Å². The summed E-state index contributed by atoms with van der Waals surface area (Å²) in [5.74, 6) is 0.453. The van der Waals surface area contributed by atoms with E-state index in [1.54, 1.807) is 0 Å². The molecule has 4 heteroatoms. The van der Waals surface area contributed by atoms with Gasteiger partial charge in [-0.1, -0.05) is 43.1 Å². The average molecular weight is 271 g/mol. The Balaban J connectivity index is 2.76. The molecule has 2 nitrogen and oxygen atoms in total. The van der Waals surface area contributed by atoms with Crippen molar-refractivity contribution in [1.82, 2.24) is 4.57 Å². The number of aromatic nitrogens is 1. The first-order valence-corrected chi connectivity index (χ1v) is 6.48. The lowest BCUT2D eigenvalue weighted by Gasteiger charge is -2.05. The molecule has 1 aromatic heterocycles. The van der Waals surface area contributed by atoms with Gasteiger partial charge in [0, 0.05) is 24.7 Å². The van der Waals surface area contributed by atoms with Crippen LogP contribution in [0.15, 0.2) is 18.3 Å². The summed E-state index contributed by atoms with van der Waals surface area (Å²) in [4.78, 5) is 0. The zero-order valence-corrected chi connectivity index (χ0v) is 11.5. The van der Waals surface area contributed by atoms with Crippen LogP contribution in [0.1, 0.15) is 25.3 Å². The van der Waals surface area contributed by atoms with Gasteiger partial charge >= 0.3 is 0 Å². The molecule has 0 unspecified atom stereocenters. The first-order valence-electron chi connectivity index (χ1n) is 5.73. The van der Waals surface area contributed by atoms with Gasteiger partial charge in [-0.2, -0.15) is 0 Å². The van der Waals surface area contributed by atoms with E-state index in [1.165, 1.54) is 10.9 Å². The van der Waals surface area contributed by atoms with Gasteiger partial charge in [0.05, 0.1) is 15.6 Å². The van der Waals surface area contributed by atoms with Gasteiger partial charge in [-0.25, -0.2) is 0 Å². The topological polar surface area (TPSA) is 30.9 Å². The second-order valence-corrected chi connectivity index (χ2v) is 5.26. The van der Waals surface area contributed by atoms with E-state index in [0.717, 1.165) is 12.1 Å². The standard InChI is InChI=1S/C13H16Cl2N2/c1-8(2)10-7-17(6-5-16)13-9(10)3-4-11(14)12(13)15/h3-4,7-8H,5-6,16H2,1-2H3. The number of hydrogen-bond acceptors (Lipinski definition) is 1. The third-order valence-corrected chi connectivity index (χ3v) is 3.75. The lowest BCUT2D eigenvalue weighted by atomic mass is 10.0. The summed E-state index contributed by atoms with van der Waals surface area (Å²) in [6.07, 6.45) is 2.13. The third kappa shape index (κ3) is 2.17. The molecule has 0 spiro atoms. The van der Waals surface area contributed by atoms with Crippen molar-refractivity contribution in [3.05, 3.63) is 33.9 Å². The molecular formula is C13H16Cl2N2. The Morgan fingerprint density at radius 1 is 1.29 bits per heavy atom. The quantitative estimate of drug-likeness (QED) is 0.897. The zero-order chi connectivity index (χ0) is 12.6. The van der Waals surface area contributed by atoms with Crippen molar-refractivity contribution in [2.75, 3.05) is 6.54 Å². The number of rotatable bonds is 3. The fourth-order valence-electron chi connectivity index (χ4n) is 2.13. The van der Waals surface area contributed by atoms with E-state index >= 15 is 0 Å². The summed E-state index contributed by atoms with van der Waals surface area (Å²) in [7, 11) is 0. The zero-order valence-electron chi connectivity index (χ0n) is 10.0. The van der Waals surface area contributed by atoms with Crippen LogP contribution in [0, 0.1) is 0 Å². The highest BCUT2D eigenvalue weighted by molar-refractivity contribution is 6.45. The fraction of sp³-hybridized carbons (Fsp3) is 0.385. The number of nitrogens with zero attached hydrogens (tertiary/aromatic N) is 1. The van der Waals surface area contributed by atoms with Crippen molar-refractivity contribution in [2.24, 2.45) is 5.73 Å². The molecule has 0 bridgehead atoms. The van der Waals surface area contributed by atoms with E-state index in [4.69, 9.17) is 28.9 Å². The summed E-state index contributed by atoms with van der Waals surface area (Å²) in [5, 5.41) is 2.37. The molecule has 0 fully saturated rings. The minimum Gasteiger partial charge on any atom is -0.345 e. The van der Waals surface area contributed by atoms with Gasteiger partial charge in [0.15, 0.2) is 0 Å². The van der Waals surface area contributed by atoms with E-state index < -0.39 is 0 Å². The first-order chi connectivity index (χ1) is 8.06. The molecule has 92 valence electrons. The molecule has 0 aliphatic rings. The molecule has 0 atom stereocenters. The van der Waals surface area contributed by atoms with Crippen LogP contribution in [0.4, 0.5) is 0 Å². The monoisotopic (exact) mass is 270 g/mol. The van der Waals surface area contributed by atoms with Crippen LogP contribution in [-0.4, -0.2) is 11.1 Å². The molecule has 0 aliphatic heterocycles. The molecule has 1 heterocycles. The molecule has 0 saturated heterocycles. The molecule has 0 radical (unpaired) electrons. The van der Waals surface area contributed by atoms with E-state index in [-0.39, 0.29) is 0 Å². The van der Waals surface area contributed by atoms with Crippen LogP contribution in [0.25, 0.3) is 10.9 Å². The van der Waals surface area contributed by atoms with Crippen LogP contribution in [0.3, 0.4) is 0 Å². The molecule has 0 saturated carbocycles. The molecule has 2 rings (SSSR count). The van der Waals surface area contributed by atoms with Gasteiger partial charge in [-0.05, 0) is 17.5 Å². The minimum atomic E-state index is 0.453. The second kappa shape index (κ2) is 4.89. The predicted molar refractivity (Wildman–Crippen MR) is 75.1 cm³/mol. The maximum absolute atomic E-state index is 6.29. The van der Waals surface area contributed by atoms with Crippen molar-refractivity contribution in [2.45, 2.75) is 26.3 Å². The molecule has 17 heavy (non-hydrogen) atoms. The molecule has 2 aromatic rings. The Labute approximate surface area is 111 Å². The Bertz CT molecular complexity index is 544. The number of benzene rings is 1. The molecule has 1 aromatic carbocycles. The van der Waals surface area contributed by atoms with E-state index in [2.05, 4.69) is 24.6 Å². The van der Waals surface area contributed by atoms with Crippen molar-refractivity contribution >= 4 is 34.1 Å². The predicted octanol–water partition coefficient (Wildman–Crippen LogP) is 4.03. The van der Waals surface area contributed by atoms with Gasteiger partial charge in [-0.15, -0.1) is 0 Å². The Morgan fingerprint density at radius 2 is 2.00 bits per heavy atom. The Kier molecular flexibility index (Phi) is 3.67. The highest BCUT2D eigenvalue weighted by Crippen LogP contribution is 2.36. The first kappa shape index (κ1) is 12.7. The summed E-state index contributed by atoms with van der Waals surface area (Å²) in [6, 6.07) is 3.89. The van der Waals surface area contributed by atoms with Gasteiger partial charge in [-0.3, -0.25) is 0 Å². The second-order valence-electron chi connectivity index (χ2n) is 4.48. The Hall–Kier alpha value is -0.700. The molecule has 0 amide bonds. The van der Waals surface area contributed by atoms with Gasteiger partial charge in [0.2, 0.25) is 0 Å². The molecule has 0 aliphatic carbocycles. The maximum Gasteiger partial charge on any atom is 0.0835 e. The van der Waals surface area contributed by atoms with Crippen LogP contribution < -0.4 is 5.73 Å². The third-order valence-electron chi connectivity index (χ3n) is 2.95. The fourth-order valence-corrected chi connectivity index (χ4v) is 2.56. The largest absolute Gasteiger partial charge is 0.345 e. The number of fused-ring (bicyclic) bond motifs is 1. The molecular weight excluding hydrogens is 255 g/mol. The number of hydrogen-bond donors (Lipinski definition) is 1. The van der Waals surface area contributed by atoms with Gasteiger partial charge < -0.3 is 10.3 Å². The normalized spacial score (nSPS) is 11.6. The van der Waals surface area contributed by atoms with Crippen molar-refractivity contribution in [3.63, 3.8) is 0 Å². The smallest absolute Gasteiger partial charge is 0.0835 e. The lowest BCUT2D eigenvalue weighted by molar-refractivity contribution is 0.727. The van der Waals surface area contributed by atoms with Gasteiger partial charge in [0.1, 0.15) is 0 Å². The summed E-state index contributed by atoms with van der Waals surface area (Å²) >= 11 is 12.4. The van der Waals surface area contributed by atoms with Crippen molar-refractivity contribution in [1.29, 1.82) is 0 Å². The van der Waals surface area contributed by atoms with E-state index in [1.807, 2.05) is 12.1 Å². The van der Waals surface area contributed by atoms with E-state index in [9.17, 15) is 0 Å². The van der Waals surface area contributed by atoms with Crippen LogP contribution in [0.5, 0.6) is 0 Å². The van der Waals surface area contributed by atoms with E-state index in [0.29, 0.717) is 22.5 Å². The summed E-state index contributed by atoms with van der Waals surface area (Å²) in [5.41, 5.74) is 7.91. The molecule has 2 N–H and O–H groups in total. The SMILES string of the molecule is CC(C)c1cn(CCN)c2c(Cl)c(Cl)ccc12. The lowest BCUT2D eigenvalue weighted by Crippen LogP contribution is -2.08. The van der Waals surface area contributed by atoms with Gasteiger partial charge in [0.25, 0.3) is 0 Å². The highest BCUT2D eigenvalue weighted by Gasteiger charge is 2.15. The number of nitrogens with two attached hydrogens (primary N) is 1. The average Bonchev–Trinajstić information content (AvgIpc) is 2.64. The summed E-state index contributed by atoms with van der Waals surface area (Å²) in [6.45, 7) is 5.68.